The van der Waals surface area contributed by atoms with Crippen LogP contribution in [-0.4, -0.2) is 10.2 Å². The Morgan fingerprint density at radius 2 is 2.50 bits per heavy atom. The van der Waals surface area contributed by atoms with Crippen LogP contribution in [0.1, 0.15) is 0 Å². The molecule has 4 heteroatoms. The van der Waals surface area contributed by atoms with Gasteiger partial charge in [-0.2, -0.15) is 0 Å². The molecule has 0 aliphatic carbocycles. The Balaban J connectivity index is 2.67. The second-order valence-corrected chi connectivity index (χ2v) is 2.08. The number of thiol groups is 1. The molecule has 1 heterocycles. The van der Waals surface area contributed by atoms with Crippen LogP contribution in [0.25, 0.3) is 0 Å². The van der Waals surface area contributed by atoms with Crippen LogP contribution in [0.2, 0.25) is 0 Å². The maximum Gasteiger partial charge on any atom is 0.280 e. The number of rotatable bonds is 1. The lowest BCUT2D eigenvalue weighted by Crippen LogP contribution is -2.00. The highest BCUT2D eigenvalue weighted by atomic mass is 32.1. The number of nitrogens with zero attached hydrogens (tertiary/aromatic N) is 1. The lowest BCUT2D eigenvalue weighted by molar-refractivity contribution is 0.270. The molecule has 1 aromatic heterocycles. The van der Waals surface area contributed by atoms with E-state index in [1.807, 2.05) is 0 Å². The molecule has 0 bridgehead atoms. The van der Waals surface area contributed by atoms with Crippen LogP contribution in [0.15, 0.2) is 24.5 Å². The molecule has 0 unspecified atom stereocenters. The molecule has 1 aromatic rings. The third-order valence-electron chi connectivity index (χ3n) is 0.913. The Morgan fingerprint density at radius 3 is 3.00 bits per heavy atom. The topological polar surface area (TPSA) is 42.0 Å². The Labute approximate surface area is 63.9 Å². The average Bonchev–Trinajstić information content (AvgIpc) is 1.88. The quantitative estimate of drug-likeness (QED) is 0.602. The lowest BCUT2D eigenvalue weighted by Gasteiger charge is -1.96. The molecule has 1 amide bonds. The van der Waals surface area contributed by atoms with E-state index in [-0.39, 0.29) is 5.24 Å². The van der Waals surface area contributed by atoms with Crippen LogP contribution in [0.3, 0.4) is 0 Å². The summed E-state index contributed by atoms with van der Waals surface area (Å²) >= 11 is 3.53. The van der Waals surface area contributed by atoms with Gasteiger partial charge < -0.3 is 5.32 Å². The highest BCUT2D eigenvalue weighted by Crippen LogP contribution is 2.02. The second-order valence-electron chi connectivity index (χ2n) is 1.67. The summed E-state index contributed by atoms with van der Waals surface area (Å²) in [7, 11) is 0. The predicted octanol–water partition coefficient (Wildman–Crippen LogP) is 1.54. The lowest BCUT2D eigenvalue weighted by atomic mass is 10.4. The van der Waals surface area contributed by atoms with Gasteiger partial charge in [0.15, 0.2) is 0 Å². The number of amides is 1. The number of carbonyl (C=O) groups is 1. The number of nitrogens with one attached hydrogen (secondary N) is 1. The molecule has 0 aliphatic rings. The van der Waals surface area contributed by atoms with E-state index in [0.29, 0.717) is 5.69 Å². The van der Waals surface area contributed by atoms with Gasteiger partial charge in [-0.25, -0.2) is 0 Å². The van der Waals surface area contributed by atoms with Crippen LogP contribution in [0, 0.1) is 0 Å². The highest BCUT2D eigenvalue weighted by molar-refractivity contribution is 7.96. The molecule has 52 valence electrons. The van der Waals surface area contributed by atoms with Crippen LogP contribution < -0.4 is 5.32 Å². The van der Waals surface area contributed by atoms with Crippen LogP contribution >= 0.6 is 12.6 Å². The monoisotopic (exact) mass is 154 g/mol. The summed E-state index contributed by atoms with van der Waals surface area (Å²) < 4.78 is 0. The molecule has 0 aromatic carbocycles. The van der Waals surface area contributed by atoms with Crippen molar-refractivity contribution in [3.05, 3.63) is 24.5 Å². The Bertz CT molecular complexity index is 224. The first-order valence-electron chi connectivity index (χ1n) is 2.69. The van der Waals surface area contributed by atoms with Gasteiger partial charge in [0.25, 0.3) is 5.24 Å². The zero-order valence-corrected chi connectivity index (χ0v) is 6.01. The van der Waals surface area contributed by atoms with Crippen molar-refractivity contribution in [2.24, 2.45) is 0 Å². The van der Waals surface area contributed by atoms with E-state index in [2.05, 4.69) is 22.9 Å². The van der Waals surface area contributed by atoms with E-state index in [4.69, 9.17) is 0 Å². The molecule has 0 saturated carbocycles. The largest absolute Gasteiger partial charge is 0.316 e. The molecular weight excluding hydrogens is 148 g/mol. The maximum absolute atomic E-state index is 10.3. The number of hydrogen-bond donors (Lipinski definition) is 2. The number of aromatic nitrogens is 1. The molecule has 3 nitrogen and oxygen atoms in total. The summed E-state index contributed by atoms with van der Waals surface area (Å²) in [6, 6.07) is 3.47. The Morgan fingerprint density at radius 1 is 1.70 bits per heavy atom. The van der Waals surface area contributed by atoms with Crippen molar-refractivity contribution in [1.82, 2.24) is 4.98 Å². The van der Waals surface area contributed by atoms with E-state index in [1.165, 1.54) is 0 Å². The molecule has 10 heavy (non-hydrogen) atoms. The fourth-order valence-electron chi connectivity index (χ4n) is 0.560. The van der Waals surface area contributed by atoms with Crippen molar-refractivity contribution in [3.63, 3.8) is 0 Å². The fourth-order valence-corrected chi connectivity index (χ4v) is 0.689. The first kappa shape index (κ1) is 7.08. The van der Waals surface area contributed by atoms with E-state index >= 15 is 0 Å². The summed E-state index contributed by atoms with van der Waals surface area (Å²) in [4.78, 5) is 14.1. The standard InChI is InChI=1S/C6H6N2OS/c9-6(10)8-5-2-1-3-7-4-5/h1-4H,(H2,8,9,10). The van der Waals surface area contributed by atoms with Crippen molar-refractivity contribution < 1.29 is 4.79 Å². The molecule has 0 atom stereocenters. The van der Waals surface area contributed by atoms with Gasteiger partial charge in [-0.1, -0.05) is 12.6 Å². The van der Waals surface area contributed by atoms with Crippen molar-refractivity contribution in [1.29, 1.82) is 0 Å². The highest BCUT2D eigenvalue weighted by Gasteiger charge is 1.91. The van der Waals surface area contributed by atoms with Gasteiger partial charge in [-0.05, 0) is 12.1 Å². The van der Waals surface area contributed by atoms with Gasteiger partial charge in [0, 0.05) is 6.20 Å². The van der Waals surface area contributed by atoms with Crippen LogP contribution in [0.4, 0.5) is 10.5 Å². The molecule has 1 rings (SSSR count). The van der Waals surface area contributed by atoms with Crippen molar-refractivity contribution in [3.8, 4) is 0 Å². The van der Waals surface area contributed by atoms with Crippen molar-refractivity contribution in [2.45, 2.75) is 0 Å². The summed E-state index contributed by atoms with van der Waals surface area (Å²) in [5, 5.41) is 2.09. The number of pyridine rings is 1. The number of hydrogen-bond acceptors (Lipinski definition) is 2. The number of anilines is 1. The maximum atomic E-state index is 10.3. The Hall–Kier alpha value is -1.03. The van der Waals surface area contributed by atoms with E-state index in [0.717, 1.165) is 0 Å². The molecule has 0 radical (unpaired) electrons. The molecule has 0 spiro atoms. The smallest absolute Gasteiger partial charge is 0.280 e. The molecular formula is C6H6N2OS. The zero-order chi connectivity index (χ0) is 7.40. The van der Waals surface area contributed by atoms with Gasteiger partial charge in [0.05, 0.1) is 11.9 Å². The summed E-state index contributed by atoms with van der Waals surface area (Å²) in [6.07, 6.45) is 3.18. The summed E-state index contributed by atoms with van der Waals surface area (Å²) in [5.41, 5.74) is 0.655. The zero-order valence-electron chi connectivity index (χ0n) is 5.11. The van der Waals surface area contributed by atoms with Crippen LogP contribution in [0.5, 0.6) is 0 Å². The van der Waals surface area contributed by atoms with E-state index in [1.54, 1.807) is 24.5 Å². The third kappa shape index (κ3) is 2.06. The van der Waals surface area contributed by atoms with Gasteiger partial charge in [-0.3, -0.25) is 9.78 Å². The third-order valence-corrected chi connectivity index (χ3v) is 1.02. The molecule has 0 saturated heterocycles. The minimum absolute atomic E-state index is 0.381. The van der Waals surface area contributed by atoms with E-state index in [9.17, 15) is 4.79 Å². The Kier molecular flexibility index (Phi) is 2.28. The fraction of sp³-hybridized carbons (Fsp3) is 0. The SMILES string of the molecule is O=C(S)Nc1cccnc1. The van der Waals surface area contributed by atoms with Gasteiger partial charge >= 0.3 is 0 Å². The number of carbonyl (C=O) groups excluding carboxylic acids is 1. The van der Waals surface area contributed by atoms with Gasteiger partial charge in [0.2, 0.25) is 0 Å². The molecule has 0 fully saturated rings. The molecule has 0 aliphatic heterocycles. The first-order valence-corrected chi connectivity index (χ1v) is 3.14. The van der Waals surface area contributed by atoms with Crippen LogP contribution in [-0.2, 0) is 0 Å². The van der Waals surface area contributed by atoms with E-state index < -0.39 is 0 Å². The minimum Gasteiger partial charge on any atom is -0.316 e. The first-order chi connectivity index (χ1) is 4.79. The van der Waals surface area contributed by atoms with Crippen molar-refractivity contribution >= 4 is 23.6 Å². The van der Waals surface area contributed by atoms with Gasteiger partial charge in [-0.15, -0.1) is 0 Å². The summed E-state index contributed by atoms with van der Waals surface area (Å²) in [6.45, 7) is 0. The second kappa shape index (κ2) is 3.22. The minimum atomic E-state index is -0.381. The summed E-state index contributed by atoms with van der Waals surface area (Å²) in [5.74, 6) is 0. The van der Waals surface area contributed by atoms with Crippen molar-refractivity contribution in [2.75, 3.05) is 5.32 Å². The molecule has 1 N–H and O–H groups in total. The normalized spacial score (nSPS) is 8.90. The average molecular weight is 154 g/mol. The van der Waals surface area contributed by atoms with Gasteiger partial charge in [0.1, 0.15) is 0 Å². The predicted molar refractivity (Wildman–Crippen MR) is 42.2 cm³/mol.